The van der Waals surface area contributed by atoms with Gasteiger partial charge in [-0.25, -0.2) is 0 Å². The molecule has 0 aliphatic carbocycles. The molecule has 0 radical (unpaired) electrons. The Balaban J connectivity index is 2.36. The van der Waals surface area contributed by atoms with Gasteiger partial charge in [0.1, 0.15) is 5.56 Å². The Kier molecular flexibility index (Phi) is 4.22. The number of aliphatic hydroxyl groups excluding tert-OH is 1. The zero-order chi connectivity index (χ0) is 14.9. The van der Waals surface area contributed by atoms with Crippen LogP contribution in [0.25, 0.3) is 0 Å². The molecule has 2 rings (SSSR count). The van der Waals surface area contributed by atoms with Crippen molar-refractivity contribution < 1.29 is 14.8 Å². The number of halogens is 1. The summed E-state index contributed by atoms with van der Waals surface area (Å²) in [7, 11) is 1.50. The largest absolute Gasteiger partial charge is 0.390 e. The zero-order valence-corrected chi connectivity index (χ0v) is 11.5. The number of aliphatic hydroxyl groups is 1. The number of carbonyl (C=O) groups is 1. The highest BCUT2D eigenvalue weighted by Crippen LogP contribution is 2.28. The maximum absolute atomic E-state index is 12.4. The number of nitro benzene ring substituents is 1. The van der Waals surface area contributed by atoms with Crippen LogP contribution in [-0.4, -0.2) is 53.1 Å². The number of amides is 1. The fourth-order valence-electron chi connectivity index (χ4n) is 2.25. The topological polar surface area (TPSA) is 95.7 Å². The summed E-state index contributed by atoms with van der Waals surface area (Å²) >= 11 is 5.93. The molecule has 108 valence electrons. The van der Waals surface area contributed by atoms with Gasteiger partial charge in [0.05, 0.1) is 22.1 Å². The Hall–Kier alpha value is -1.70. The number of likely N-dealkylation sites (N-methyl/N-ethyl adjacent to an activating group) is 1. The number of hydrogen-bond donors (Lipinski definition) is 2. The van der Waals surface area contributed by atoms with E-state index in [1.165, 1.54) is 30.1 Å². The predicted octanol–water partition coefficient (Wildman–Crippen LogP) is 0.653. The van der Waals surface area contributed by atoms with Crippen molar-refractivity contribution >= 4 is 23.2 Å². The molecule has 1 amide bonds. The lowest BCUT2D eigenvalue weighted by Crippen LogP contribution is -2.44. The van der Waals surface area contributed by atoms with E-state index in [9.17, 15) is 20.0 Å². The summed E-state index contributed by atoms with van der Waals surface area (Å²) in [4.78, 5) is 24.1. The van der Waals surface area contributed by atoms with Crippen LogP contribution in [0.2, 0.25) is 5.02 Å². The van der Waals surface area contributed by atoms with Gasteiger partial charge >= 0.3 is 0 Å². The summed E-state index contributed by atoms with van der Waals surface area (Å²) in [5.41, 5.74) is -0.490. The number of hydrogen-bond acceptors (Lipinski definition) is 5. The average molecular weight is 300 g/mol. The molecular formula is C12H14ClN3O4. The fourth-order valence-corrected chi connectivity index (χ4v) is 2.50. The molecule has 1 aliphatic heterocycles. The van der Waals surface area contributed by atoms with Gasteiger partial charge in [-0.3, -0.25) is 14.9 Å². The van der Waals surface area contributed by atoms with Crippen LogP contribution < -0.4 is 5.32 Å². The third-order valence-corrected chi connectivity index (χ3v) is 3.69. The van der Waals surface area contributed by atoms with Crippen molar-refractivity contribution in [2.24, 2.45) is 0 Å². The molecule has 1 aromatic rings. The standard InChI is InChI=1S/C12H14ClN3O4/c1-15(9-5-14-6-10(9)17)12(18)11-7(13)3-2-4-8(11)16(19)20/h2-4,9-10,14,17H,5-6H2,1H3/t9-,10-/m1/s1. The molecule has 8 heteroatoms. The quantitative estimate of drug-likeness (QED) is 0.631. The summed E-state index contributed by atoms with van der Waals surface area (Å²) in [6, 6.07) is 3.65. The number of β-amino-alcohol motifs (C(OH)–C–C–N with tert-alkyl or cyclic N) is 1. The van der Waals surface area contributed by atoms with Crippen molar-refractivity contribution in [1.82, 2.24) is 10.2 Å². The Labute approximate surface area is 120 Å². The lowest BCUT2D eigenvalue weighted by atomic mass is 10.1. The molecule has 1 aliphatic rings. The molecule has 1 fully saturated rings. The minimum Gasteiger partial charge on any atom is -0.390 e. The first-order valence-electron chi connectivity index (χ1n) is 6.02. The Bertz CT molecular complexity index is 552. The van der Waals surface area contributed by atoms with Gasteiger partial charge in [0.15, 0.2) is 0 Å². The Morgan fingerprint density at radius 2 is 2.25 bits per heavy atom. The number of carbonyl (C=O) groups excluding carboxylic acids is 1. The maximum Gasteiger partial charge on any atom is 0.283 e. The summed E-state index contributed by atoms with van der Waals surface area (Å²) in [6.45, 7) is 0.814. The second-order valence-corrected chi connectivity index (χ2v) is 5.01. The Morgan fingerprint density at radius 1 is 1.55 bits per heavy atom. The van der Waals surface area contributed by atoms with Gasteiger partial charge in [-0.1, -0.05) is 17.7 Å². The van der Waals surface area contributed by atoms with E-state index < -0.39 is 23.0 Å². The van der Waals surface area contributed by atoms with E-state index in [-0.39, 0.29) is 16.3 Å². The van der Waals surface area contributed by atoms with E-state index in [1.807, 2.05) is 0 Å². The highest BCUT2D eigenvalue weighted by molar-refractivity contribution is 6.34. The third-order valence-electron chi connectivity index (χ3n) is 3.37. The molecule has 1 aromatic carbocycles. The van der Waals surface area contributed by atoms with Crippen LogP contribution in [0.5, 0.6) is 0 Å². The minimum atomic E-state index is -0.703. The first-order valence-corrected chi connectivity index (χ1v) is 6.40. The lowest BCUT2D eigenvalue weighted by Gasteiger charge is -2.26. The van der Waals surface area contributed by atoms with Gasteiger partial charge in [-0.15, -0.1) is 0 Å². The van der Waals surface area contributed by atoms with Crippen molar-refractivity contribution in [2.75, 3.05) is 20.1 Å². The van der Waals surface area contributed by atoms with Crippen LogP contribution in [-0.2, 0) is 0 Å². The summed E-state index contributed by atoms with van der Waals surface area (Å²) in [5, 5.41) is 23.8. The highest BCUT2D eigenvalue weighted by Gasteiger charge is 2.34. The monoisotopic (exact) mass is 299 g/mol. The molecule has 0 saturated carbocycles. The van der Waals surface area contributed by atoms with Crippen LogP contribution in [0, 0.1) is 10.1 Å². The first-order chi connectivity index (χ1) is 9.43. The van der Waals surface area contributed by atoms with Gasteiger partial charge in [0.25, 0.3) is 11.6 Å². The molecule has 1 saturated heterocycles. The number of nitro groups is 1. The van der Waals surface area contributed by atoms with Crippen molar-refractivity contribution in [3.8, 4) is 0 Å². The fraction of sp³-hybridized carbons (Fsp3) is 0.417. The van der Waals surface area contributed by atoms with E-state index in [4.69, 9.17) is 11.6 Å². The van der Waals surface area contributed by atoms with Gasteiger partial charge in [0, 0.05) is 26.2 Å². The summed E-state index contributed by atoms with van der Waals surface area (Å²) in [5.74, 6) is -0.574. The number of nitrogens with zero attached hydrogens (tertiary/aromatic N) is 2. The number of rotatable bonds is 3. The lowest BCUT2D eigenvalue weighted by molar-refractivity contribution is -0.385. The molecule has 0 unspecified atom stereocenters. The molecule has 20 heavy (non-hydrogen) atoms. The summed E-state index contributed by atoms with van der Waals surface area (Å²) < 4.78 is 0. The van der Waals surface area contributed by atoms with Crippen LogP contribution in [0.15, 0.2) is 18.2 Å². The van der Waals surface area contributed by atoms with Crippen LogP contribution in [0.3, 0.4) is 0 Å². The van der Waals surface area contributed by atoms with Gasteiger partial charge in [-0.05, 0) is 6.07 Å². The predicted molar refractivity (Wildman–Crippen MR) is 72.9 cm³/mol. The van der Waals surface area contributed by atoms with Crippen LogP contribution in [0.1, 0.15) is 10.4 Å². The third kappa shape index (κ3) is 2.60. The Morgan fingerprint density at radius 3 is 2.80 bits per heavy atom. The number of nitrogens with one attached hydrogen (secondary N) is 1. The van der Waals surface area contributed by atoms with Crippen molar-refractivity contribution in [2.45, 2.75) is 12.1 Å². The molecule has 2 atom stereocenters. The molecule has 2 N–H and O–H groups in total. The van der Waals surface area contributed by atoms with Gasteiger partial charge < -0.3 is 15.3 Å². The van der Waals surface area contributed by atoms with Gasteiger partial charge in [0.2, 0.25) is 0 Å². The normalized spacial score (nSPS) is 21.8. The van der Waals surface area contributed by atoms with Crippen molar-refractivity contribution in [3.63, 3.8) is 0 Å². The second-order valence-electron chi connectivity index (χ2n) is 4.60. The summed E-state index contributed by atoms with van der Waals surface area (Å²) in [6.07, 6.45) is -0.703. The van der Waals surface area contributed by atoms with E-state index in [0.29, 0.717) is 13.1 Å². The maximum atomic E-state index is 12.4. The van der Waals surface area contributed by atoms with Crippen molar-refractivity contribution in [1.29, 1.82) is 0 Å². The van der Waals surface area contributed by atoms with E-state index in [0.717, 1.165) is 0 Å². The first kappa shape index (κ1) is 14.7. The van der Waals surface area contributed by atoms with E-state index in [1.54, 1.807) is 0 Å². The van der Waals surface area contributed by atoms with E-state index in [2.05, 4.69) is 5.32 Å². The highest BCUT2D eigenvalue weighted by atomic mass is 35.5. The smallest absolute Gasteiger partial charge is 0.283 e. The van der Waals surface area contributed by atoms with E-state index >= 15 is 0 Å². The van der Waals surface area contributed by atoms with Crippen LogP contribution >= 0.6 is 11.6 Å². The SMILES string of the molecule is CN(C(=O)c1c(Cl)cccc1[N+](=O)[O-])[C@@H]1CNC[C@H]1O. The average Bonchev–Trinajstić information content (AvgIpc) is 2.83. The van der Waals surface area contributed by atoms with Crippen molar-refractivity contribution in [3.05, 3.63) is 38.9 Å². The molecule has 0 bridgehead atoms. The van der Waals surface area contributed by atoms with Crippen LogP contribution in [0.4, 0.5) is 5.69 Å². The molecule has 0 spiro atoms. The molecule has 0 aromatic heterocycles. The molecular weight excluding hydrogens is 286 g/mol. The number of benzene rings is 1. The minimum absolute atomic E-state index is 0.0245. The molecule has 1 heterocycles. The molecule has 7 nitrogen and oxygen atoms in total. The zero-order valence-electron chi connectivity index (χ0n) is 10.7. The second kappa shape index (κ2) is 5.74. The van der Waals surface area contributed by atoms with Gasteiger partial charge in [-0.2, -0.15) is 0 Å².